The Kier molecular flexibility index (Phi) is 11.7. The molecule has 8 atom stereocenters. The van der Waals surface area contributed by atoms with E-state index in [1.807, 2.05) is 4.72 Å². The molecule has 318 valence electrons. The zero-order valence-electron chi connectivity index (χ0n) is 32.2. The lowest BCUT2D eigenvalue weighted by molar-refractivity contribution is -0.184. The molecule has 1 saturated heterocycles. The number of pyridine rings is 1. The number of allylic oxidation sites excluding steroid dienone is 1. The summed E-state index contributed by atoms with van der Waals surface area (Å²) in [6, 6.07) is -2.39. The summed E-state index contributed by atoms with van der Waals surface area (Å²) in [6.07, 6.45) is -3.04. The molecule has 3 N–H and O–H groups in total. The summed E-state index contributed by atoms with van der Waals surface area (Å²) in [5, 5.41) is 13.4. The second-order valence-electron chi connectivity index (χ2n) is 16.0. The molecule has 0 spiro atoms. The minimum atomic E-state index is -5.09. The lowest BCUT2D eigenvalue weighted by Gasteiger charge is -2.40. The first-order valence-corrected chi connectivity index (χ1v) is 20.5. The van der Waals surface area contributed by atoms with Crippen molar-refractivity contribution in [1.82, 2.24) is 24.8 Å². The van der Waals surface area contributed by atoms with Crippen molar-refractivity contribution in [2.45, 2.75) is 106 Å². The van der Waals surface area contributed by atoms with Gasteiger partial charge in [-0.25, -0.2) is 27.0 Å². The highest BCUT2D eigenvalue weighted by Gasteiger charge is 2.64. The van der Waals surface area contributed by atoms with Gasteiger partial charge in [-0.15, -0.1) is 0 Å². The third kappa shape index (κ3) is 8.12. The van der Waals surface area contributed by atoms with Gasteiger partial charge in [0.1, 0.15) is 52.8 Å². The number of hydrogen-bond acceptors (Lipinski definition) is 9. The maximum Gasteiger partial charge on any atom is 0.408 e. The highest BCUT2D eigenvalue weighted by molar-refractivity contribution is 7.91. The smallest absolute Gasteiger partial charge is 0.408 e. The third-order valence-corrected chi connectivity index (χ3v) is 14.0. The van der Waals surface area contributed by atoms with E-state index in [2.05, 4.69) is 10.3 Å². The SMILES string of the molecule is COc1cc(F)cc2c(O[C@@H]3C[C@H]4C(=O)N[C@]5(C(=O)NS(=O)(=O)C6(CF)CC6)C[C@H]5/C=C\CC[C@H](C)C[C@@H](C)[C@H](N(C(=O)O)[C@H](C)C(F)(F)F)C(=O)N4C3)nccc12. The van der Waals surface area contributed by atoms with Gasteiger partial charge < -0.3 is 24.8 Å². The van der Waals surface area contributed by atoms with Gasteiger partial charge in [0.05, 0.1) is 19.0 Å². The number of methoxy groups -OCH3 is 1. The predicted octanol–water partition coefficient (Wildman–Crippen LogP) is 4.87. The monoisotopic (exact) mass is 843 g/mol. The Morgan fingerprint density at radius 3 is 2.50 bits per heavy atom. The number of sulfonamides is 1. The van der Waals surface area contributed by atoms with Crippen LogP contribution in [0.5, 0.6) is 11.6 Å². The first-order valence-electron chi connectivity index (χ1n) is 19.0. The second kappa shape index (κ2) is 15.8. The Labute approximate surface area is 331 Å². The van der Waals surface area contributed by atoms with Crippen molar-refractivity contribution in [3.8, 4) is 11.6 Å². The fourth-order valence-electron chi connectivity index (χ4n) is 8.22. The van der Waals surface area contributed by atoms with Crippen LogP contribution in [0.1, 0.15) is 65.7 Å². The number of aromatic nitrogens is 1. The number of carbonyl (C=O) groups excluding carboxylic acids is 3. The number of alkyl halides is 4. The van der Waals surface area contributed by atoms with Gasteiger partial charge in [-0.3, -0.25) is 24.0 Å². The number of ether oxygens (including phenoxy) is 2. The molecule has 0 bridgehead atoms. The van der Waals surface area contributed by atoms with Crippen LogP contribution in [-0.4, -0.2) is 113 Å². The Balaban J connectivity index is 1.42. The number of nitrogens with one attached hydrogen (secondary N) is 2. The van der Waals surface area contributed by atoms with Crippen molar-refractivity contribution in [2.24, 2.45) is 17.8 Å². The largest absolute Gasteiger partial charge is 0.496 e. The van der Waals surface area contributed by atoms with Gasteiger partial charge in [-0.05, 0) is 69.4 Å². The average molecular weight is 844 g/mol. The van der Waals surface area contributed by atoms with Crippen molar-refractivity contribution >= 4 is 44.6 Å². The normalized spacial score (nSPS) is 29.8. The highest BCUT2D eigenvalue weighted by Crippen LogP contribution is 2.48. The summed E-state index contributed by atoms with van der Waals surface area (Å²) >= 11 is 0. The maximum absolute atomic E-state index is 14.8. The van der Waals surface area contributed by atoms with Gasteiger partial charge >= 0.3 is 12.3 Å². The van der Waals surface area contributed by atoms with Gasteiger partial charge in [-0.2, -0.15) is 13.2 Å². The van der Waals surface area contributed by atoms with E-state index in [4.69, 9.17) is 9.47 Å². The van der Waals surface area contributed by atoms with E-state index in [0.717, 1.165) is 17.0 Å². The van der Waals surface area contributed by atoms with Gasteiger partial charge in [0.25, 0.3) is 5.91 Å². The number of benzene rings is 1. The molecule has 3 heterocycles. The van der Waals surface area contributed by atoms with Crippen molar-refractivity contribution in [3.05, 3.63) is 42.4 Å². The first-order chi connectivity index (χ1) is 27.2. The third-order valence-electron chi connectivity index (χ3n) is 11.9. The Morgan fingerprint density at radius 2 is 1.88 bits per heavy atom. The molecule has 2 aromatic rings. The maximum atomic E-state index is 14.8. The summed E-state index contributed by atoms with van der Waals surface area (Å²) in [6.45, 7) is 2.16. The quantitative estimate of drug-likeness (QED) is 0.233. The summed E-state index contributed by atoms with van der Waals surface area (Å²) in [5.41, 5.74) is -1.87. The lowest BCUT2D eigenvalue weighted by Crippen LogP contribution is -2.62. The average Bonchev–Trinajstić information content (AvgIpc) is 4.05. The molecule has 3 fully saturated rings. The van der Waals surface area contributed by atoms with Crippen LogP contribution < -0.4 is 19.5 Å². The van der Waals surface area contributed by atoms with Gasteiger partial charge in [0.2, 0.25) is 27.7 Å². The van der Waals surface area contributed by atoms with Crippen LogP contribution in [0.2, 0.25) is 0 Å². The van der Waals surface area contributed by atoms with Crippen molar-refractivity contribution in [2.75, 3.05) is 20.3 Å². The van der Waals surface area contributed by atoms with Crippen molar-refractivity contribution in [1.29, 1.82) is 0 Å². The molecule has 1 aromatic heterocycles. The Hall–Kier alpha value is -4.75. The fraction of sp³-hybridized carbons (Fsp3) is 0.605. The standard InChI is InChI=1S/C38H46F5N5O9S/c1-20-7-5-6-8-23-17-37(23,34(51)46-58(54,55)36(19-39)10-11-36)45-31(49)28-16-25(57-32-27-14-24(40)15-29(56-4)26(27)9-12-44-32)18-47(28)33(50)30(21(2)13-20)48(35(52)53)22(3)38(41,42)43/h6,8-9,12,14-15,20-23,25,28,30H,5,7,10-11,13,16-19H2,1-4H3,(H,45,49)(H,46,51)(H,52,53)/b8-6-/t20-,21+,22+,23+,25+,28-,30-,37+/m0/s1. The number of hydrogen-bond donors (Lipinski definition) is 3. The summed E-state index contributed by atoms with van der Waals surface area (Å²) in [7, 11) is -3.20. The van der Waals surface area contributed by atoms with Gasteiger partial charge in [0.15, 0.2) is 0 Å². The van der Waals surface area contributed by atoms with Crippen LogP contribution in [-0.2, 0) is 24.4 Å². The van der Waals surface area contributed by atoms with Crippen LogP contribution in [0.15, 0.2) is 36.5 Å². The molecule has 6 rings (SSSR count). The zero-order chi connectivity index (χ0) is 42.5. The topological polar surface area (TPSA) is 185 Å². The number of amides is 4. The Morgan fingerprint density at radius 1 is 1.17 bits per heavy atom. The molecule has 0 radical (unpaired) electrons. The molecule has 20 heteroatoms. The molecule has 14 nitrogen and oxygen atoms in total. The summed E-state index contributed by atoms with van der Waals surface area (Å²) in [5.74, 6) is -5.94. The number of rotatable bonds is 9. The minimum absolute atomic E-state index is 0.0155. The predicted molar refractivity (Wildman–Crippen MR) is 197 cm³/mol. The summed E-state index contributed by atoms with van der Waals surface area (Å²) < 4.78 is 109. The molecule has 2 aliphatic heterocycles. The van der Waals surface area contributed by atoms with Crippen LogP contribution in [0, 0.1) is 23.6 Å². The molecule has 4 aliphatic rings. The van der Waals surface area contributed by atoms with Crippen LogP contribution in [0.25, 0.3) is 10.8 Å². The highest BCUT2D eigenvalue weighted by atomic mass is 32.2. The fourth-order valence-corrected chi connectivity index (χ4v) is 9.64. The van der Waals surface area contributed by atoms with Gasteiger partial charge in [0, 0.05) is 30.0 Å². The van der Waals surface area contributed by atoms with Crippen molar-refractivity contribution < 1.29 is 64.1 Å². The number of fused-ring (bicyclic) bond motifs is 3. The Bertz CT molecular complexity index is 2100. The van der Waals surface area contributed by atoms with E-state index in [0.29, 0.717) is 25.2 Å². The number of carboxylic acid groups (broad SMARTS) is 1. The number of halogens is 5. The van der Waals surface area contributed by atoms with Crippen LogP contribution in [0.4, 0.5) is 26.7 Å². The lowest BCUT2D eigenvalue weighted by atomic mass is 9.86. The molecular weight excluding hydrogens is 798 g/mol. The minimum Gasteiger partial charge on any atom is -0.496 e. The molecular formula is C38H46F5N5O9S. The molecule has 2 saturated carbocycles. The molecule has 58 heavy (non-hydrogen) atoms. The van der Waals surface area contributed by atoms with E-state index in [1.165, 1.54) is 26.3 Å². The van der Waals surface area contributed by atoms with E-state index < -0.39 is 105 Å². The molecule has 1 aromatic carbocycles. The van der Waals surface area contributed by atoms with Crippen LogP contribution in [0.3, 0.4) is 0 Å². The molecule has 4 amide bonds. The molecule has 0 unspecified atom stereocenters. The first kappa shape index (κ1) is 42.8. The molecule has 2 aliphatic carbocycles. The zero-order valence-corrected chi connectivity index (χ0v) is 33.0. The van der Waals surface area contributed by atoms with E-state index in [1.54, 1.807) is 19.1 Å². The second-order valence-corrected chi connectivity index (χ2v) is 18.1. The summed E-state index contributed by atoms with van der Waals surface area (Å²) in [4.78, 5) is 61.0. The van der Waals surface area contributed by atoms with Crippen LogP contribution >= 0.6 is 0 Å². The van der Waals surface area contributed by atoms with E-state index in [-0.39, 0.29) is 59.9 Å². The van der Waals surface area contributed by atoms with E-state index in [9.17, 15) is 54.7 Å². The van der Waals surface area contributed by atoms with Gasteiger partial charge in [-0.1, -0.05) is 26.0 Å². The van der Waals surface area contributed by atoms with E-state index >= 15 is 0 Å². The number of carbonyl (C=O) groups is 4. The number of nitrogens with zero attached hydrogens (tertiary/aromatic N) is 3. The van der Waals surface area contributed by atoms with Crippen molar-refractivity contribution in [3.63, 3.8) is 0 Å².